The average Bonchev–Trinajstić information content (AvgIpc) is 2.60. The molecule has 0 aliphatic rings. The van der Waals surface area contributed by atoms with E-state index in [4.69, 9.17) is 0 Å². The zero-order valence-electron chi connectivity index (χ0n) is 12.2. The van der Waals surface area contributed by atoms with E-state index in [1.807, 2.05) is 6.07 Å². The number of halogens is 3. The average molecular weight is 325 g/mol. The molecule has 3 aromatic rings. The van der Waals surface area contributed by atoms with Crippen molar-refractivity contribution in [3.8, 4) is 23.0 Å². The van der Waals surface area contributed by atoms with Crippen LogP contribution in [-0.2, 0) is 6.18 Å². The third kappa shape index (κ3) is 3.41. The molecule has 0 aliphatic heterocycles. The first-order valence-electron chi connectivity index (χ1n) is 6.94. The Morgan fingerprint density at radius 3 is 2.25 bits per heavy atom. The van der Waals surface area contributed by atoms with Crippen LogP contribution < -0.4 is 0 Å². The molecule has 0 fully saturated rings. The van der Waals surface area contributed by atoms with Crippen LogP contribution in [0.15, 0.2) is 61.3 Å². The van der Waals surface area contributed by atoms with E-state index in [9.17, 15) is 13.2 Å². The van der Waals surface area contributed by atoms with Crippen LogP contribution in [0, 0.1) is 11.8 Å². The van der Waals surface area contributed by atoms with Crippen LogP contribution in [0.25, 0.3) is 11.1 Å². The molecule has 0 spiro atoms. The maximum absolute atomic E-state index is 13.4. The van der Waals surface area contributed by atoms with Crippen LogP contribution in [0.5, 0.6) is 0 Å². The van der Waals surface area contributed by atoms with Crippen LogP contribution in [0.1, 0.15) is 16.8 Å². The minimum Gasteiger partial charge on any atom is -0.247 e. The summed E-state index contributed by atoms with van der Waals surface area (Å²) in [4.78, 5) is 11.6. The summed E-state index contributed by atoms with van der Waals surface area (Å²) in [5.41, 5.74) is 0.00410. The van der Waals surface area contributed by atoms with Gasteiger partial charge < -0.3 is 0 Å². The molecule has 24 heavy (non-hydrogen) atoms. The molecule has 1 aromatic carbocycles. The molecule has 3 nitrogen and oxygen atoms in total. The number of pyridine rings is 1. The molecule has 6 heteroatoms. The molecule has 2 aromatic heterocycles. The topological polar surface area (TPSA) is 38.7 Å². The number of aromatic nitrogens is 3. The normalized spacial score (nSPS) is 10.8. The Hall–Kier alpha value is -3.20. The van der Waals surface area contributed by atoms with Crippen molar-refractivity contribution >= 4 is 0 Å². The van der Waals surface area contributed by atoms with E-state index in [0.717, 1.165) is 12.3 Å². The van der Waals surface area contributed by atoms with Crippen molar-refractivity contribution in [2.45, 2.75) is 6.18 Å². The zero-order chi connectivity index (χ0) is 17.0. The van der Waals surface area contributed by atoms with Gasteiger partial charge >= 0.3 is 6.18 Å². The summed E-state index contributed by atoms with van der Waals surface area (Å²) in [5.74, 6) is 5.55. The molecular weight excluding hydrogens is 315 g/mol. The van der Waals surface area contributed by atoms with Gasteiger partial charge in [-0.05, 0) is 24.1 Å². The van der Waals surface area contributed by atoms with Crippen LogP contribution in [0.2, 0.25) is 0 Å². The lowest BCUT2D eigenvalue weighted by Gasteiger charge is -2.13. The van der Waals surface area contributed by atoms with Gasteiger partial charge in [-0.2, -0.15) is 13.2 Å². The minimum atomic E-state index is -4.53. The second-order valence-electron chi connectivity index (χ2n) is 4.82. The molecule has 0 N–H and O–H groups in total. The molecule has 0 unspecified atom stereocenters. The first-order chi connectivity index (χ1) is 11.6. The molecule has 0 aliphatic carbocycles. The standard InChI is InChI=1S/C18H10F3N3/c19-18(20,21)15-8-9-24-16(7-6-13-4-2-1-3-5-13)17(15)14-10-22-12-23-11-14/h1-5,8-12H. The lowest BCUT2D eigenvalue weighted by molar-refractivity contribution is -0.137. The van der Waals surface area contributed by atoms with Gasteiger partial charge in [0.1, 0.15) is 12.0 Å². The summed E-state index contributed by atoms with van der Waals surface area (Å²) in [6, 6.07) is 9.90. The molecule has 3 rings (SSSR count). The Kier molecular flexibility index (Phi) is 4.25. The van der Waals surface area contributed by atoms with E-state index >= 15 is 0 Å². The van der Waals surface area contributed by atoms with E-state index < -0.39 is 11.7 Å². The fourth-order valence-corrected chi connectivity index (χ4v) is 2.17. The van der Waals surface area contributed by atoms with Gasteiger partial charge in [0.25, 0.3) is 0 Å². The van der Waals surface area contributed by atoms with E-state index in [1.54, 1.807) is 24.3 Å². The number of rotatable bonds is 1. The Bertz CT molecular complexity index is 896. The highest BCUT2D eigenvalue weighted by molar-refractivity contribution is 5.72. The zero-order valence-corrected chi connectivity index (χ0v) is 12.2. The quantitative estimate of drug-likeness (QED) is 0.636. The maximum atomic E-state index is 13.4. The van der Waals surface area contributed by atoms with Gasteiger partial charge in [-0.1, -0.05) is 24.1 Å². The molecule has 0 saturated heterocycles. The van der Waals surface area contributed by atoms with Crippen molar-refractivity contribution in [2.75, 3.05) is 0 Å². The largest absolute Gasteiger partial charge is 0.417 e. The highest BCUT2D eigenvalue weighted by Crippen LogP contribution is 2.37. The molecule has 0 amide bonds. The molecule has 0 bridgehead atoms. The van der Waals surface area contributed by atoms with Crippen molar-refractivity contribution in [3.63, 3.8) is 0 Å². The van der Waals surface area contributed by atoms with Crippen LogP contribution in [0.4, 0.5) is 13.2 Å². The van der Waals surface area contributed by atoms with Gasteiger partial charge in [0.05, 0.1) is 5.56 Å². The molecule has 2 heterocycles. The van der Waals surface area contributed by atoms with Crippen molar-refractivity contribution in [1.82, 2.24) is 15.0 Å². The predicted molar refractivity (Wildman–Crippen MR) is 82.7 cm³/mol. The molecule has 0 atom stereocenters. The molecular formula is C18H10F3N3. The maximum Gasteiger partial charge on any atom is 0.417 e. The summed E-state index contributed by atoms with van der Waals surface area (Å²) in [7, 11) is 0. The lowest BCUT2D eigenvalue weighted by atomic mass is 10.00. The van der Waals surface area contributed by atoms with Gasteiger partial charge in [0, 0.05) is 35.3 Å². The lowest BCUT2D eigenvalue weighted by Crippen LogP contribution is -2.09. The highest BCUT2D eigenvalue weighted by atomic mass is 19.4. The summed E-state index contributed by atoms with van der Waals surface area (Å²) in [6.45, 7) is 0. The number of nitrogens with zero attached hydrogens (tertiary/aromatic N) is 3. The first-order valence-corrected chi connectivity index (χ1v) is 6.94. The van der Waals surface area contributed by atoms with Crippen LogP contribution >= 0.6 is 0 Å². The minimum absolute atomic E-state index is 0.0310. The highest BCUT2D eigenvalue weighted by Gasteiger charge is 2.35. The van der Waals surface area contributed by atoms with E-state index in [1.165, 1.54) is 18.7 Å². The van der Waals surface area contributed by atoms with Crippen molar-refractivity contribution < 1.29 is 13.2 Å². The summed E-state index contributed by atoms with van der Waals surface area (Å²) >= 11 is 0. The second kappa shape index (κ2) is 6.50. The third-order valence-corrected chi connectivity index (χ3v) is 3.20. The summed E-state index contributed by atoms with van der Waals surface area (Å²) in [6.07, 6.45) is 0.449. The van der Waals surface area contributed by atoms with Crippen molar-refractivity contribution in [1.29, 1.82) is 0 Å². The Morgan fingerprint density at radius 1 is 0.875 bits per heavy atom. The van der Waals surface area contributed by atoms with E-state index in [0.29, 0.717) is 5.56 Å². The fourth-order valence-electron chi connectivity index (χ4n) is 2.17. The van der Waals surface area contributed by atoms with Gasteiger partial charge in [0.2, 0.25) is 0 Å². The SMILES string of the molecule is FC(F)(F)c1ccnc(C#Cc2ccccc2)c1-c1cncnc1. The number of benzene rings is 1. The molecule has 118 valence electrons. The Labute approximate surface area is 136 Å². The van der Waals surface area contributed by atoms with Gasteiger partial charge in [-0.25, -0.2) is 15.0 Å². The third-order valence-electron chi connectivity index (χ3n) is 3.20. The first kappa shape index (κ1) is 15.7. The fraction of sp³-hybridized carbons (Fsp3) is 0.0556. The van der Waals surface area contributed by atoms with Gasteiger partial charge in [-0.3, -0.25) is 0 Å². The number of alkyl halides is 3. The van der Waals surface area contributed by atoms with Crippen LogP contribution in [-0.4, -0.2) is 15.0 Å². The molecule has 0 radical (unpaired) electrons. The Balaban J connectivity index is 2.19. The van der Waals surface area contributed by atoms with E-state index in [2.05, 4.69) is 26.8 Å². The predicted octanol–water partition coefficient (Wildman–Crippen LogP) is 3.96. The van der Waals surface area contributed by atoms with Gasteiger partial charge in [-0.15, -0.1) is 0 Å². The number of hydrogen-bond donors (Lipinski definition) is 0. The smallest absolute Gasteiger partial charge is 0.247 e. The van der Waals surface area contributed by atoms with Crippen LogP contribution in [0.3, 0.4) is 0 Å². The summed E-state index contributed by atoms with van der Waals surface area (Å²) < 4.78 is 40.1. The summed E-state index contributed by atoms with van der Waals surface area (Å²) in [5, 5.41) is 0. The van der Waals surface area contributed by atoms with E-state index in [-0.39, 0.29) is 16.8 Å². The van der Waals surface area contributed by atoms with Gasteiger partial charge in [0.15, 0.2) is 0 Å². The number of hydrogen-bond acceptors (Lipinski definition) is 3. The Morgan fingerprint density at radius 2 is 1.58 bits per heavy atom. The monoisotopic (exact) mass is 325 g/mol. The second-order valence-corrected chi connectivity index (χ2v) is 4.82. The molecule has 0 saturated carbocycles. The van der Waals surface area contributed by atoms with Crippen molar-refractivity contribution in [2.24, 2.45) is 0 Å². The van der Waals surface area contributed by atoms with Crippen molar-refractivity contribution in [3.05, 3.63) is 78.1 Å².